The first-order valence-electron chi connectivity index (χ1n) is 24.0. The number of likely N-dealkylation sites (tertiary alicyclic amines) is 1. The van der Waals surface area contributed by atoms with Gasteiger partial charge in [-0.05, 0) is 158 Å². The number of ether oxygens (including phenoxy) is 3. The van der Waals surface area contributed by atoms with Crippen LogP contribution in [0, 0.1) is 48.3 Å². The summed E-state index contributed by atoms with van der Waals surface area (Å²) in [6.07, 6.45) is 11.6. The number of fused-ring (bicyclic) bond motifs is 2. The quantitative estimate of drug-likeness (QED) is 0.112. The van der Waals surface area contributed by atoms with Crippen molar-refractivity contribution in [3.8, 4) is 11.5 Å². The van der Waals surface area contributed by atoms with E-state index in [0.29, 0.717) is 28.7 Å². The summed E-state index contributed by atoms with van der Waals surface area (Å²) in [5, 5.41) is 16.8. The molecule has 0 unspecified atom stereocenters. The third-order valence-corrected chi connectivity index (χ3v) is 14.5. The molecule has 0 aromatic heterocycles. The largest absolute Gasteiger partial charge is 0.490 e. The SMILES string of the molecule is COC(=O)CC1CNC1.Cc1cc(OC2CCC(C(C)(C)C)CC2)c(C=O)c2ccccc12.Cc1cc(OC2CCC(C(C)(C)C)CC2)c(CN2CC(CC(=O)O)C2)c2ccccc12. The van der Waals surface area contributed by atoms with Gasteiger partial charge < -0.3 is 24.6 Å². The molecule has 9 heteroatoms. The van der Waals surface area contributed by atoms with Gasteiger partial charge in [0.2, 0.25) is 0 Å². The highest BCUT2D eigenvalue weighted by molar-refractivity contribution is 6.02. The molecule has 2 aliphatic heterocycles. The minimum Gasteiger partial charge on any atom is -0.490 e. The Morgan fingerprint density at radius 3 is 1.61 bits per heavy atom. The third kappa shape index (κ3) is 12.9. The second kappa shape index (κ2) is 21.7. The van der Waals surface area contributed by atoms with E-state index < -0.39 is 5.97 Å². The molecule has 4 fully saturated rings. The second-order valence-electron chi connectivity index (χ2n) is 21.4. The van der Waals surface area contributed by atoms with Crippen LogP contribution in [-0.2, 0) is 20.9 Å². The lowest BCUT2D eigenvalue weighted by Gasteiger charge is -2.40. The van der Waals surface area contributed by atoms with Gasteiger partial charge in [-0.3, -0.25) is 19.3 Å². The van der Waals surface area contributed by atoms with Gasteiger partial charge in [0.1, 0.15) is 11.5 Å². The summed E-state index contributed by atoms with van der Waals surface area (Å²) in [5.41, 5.74) is 5.11. The lowest BCUT2D eigenvalue weighted by atomic mass is 9.72. The molecule has 0 bridgehead atoms. The average Bonchev–Trinajstić information content (AvgIpc) is 3.23. The fourth-order valence-corrected chi connectivity index (χ4v) is 10.3. The van der Waals surface area contributed by atoms with Crippen LogP contribution in [0.5, 0.6) is 11.5 Å². The molecule has 4 aromatic rings. The highest BCUT2D eigenvalue weighted by Gasteiger charge is 2.34. The van der Waals surface area contributed by atoms with E-state index in [0.717, 1.165) is 104 Å². The first kappa shape index (κ1) is 49.0. The second-order valence-corrected chi connectivity index (χ2v) is 21.4. The van der Waals surface area contributed by atoms with Crippen LogP contribution in [0.15, 0.2) is 60.7 Å². The number of carboxylic acid groups (broad SMARTS) is 1. The van der Waals surface area contributed by atoms with Gasteiger partial charge >= 0.3 is 11.9 Å². The van der Waals surface area contributed by atoms with Crippen molar-refractivity contribution in [1.29, 1.82) is 0 Å². The van der Waals surface area contributed by atoms with Gasteiger partial charge in [-0.2, -0.15) is 0 Å². The molecule has 2 aliphatic carbocycles. The molecule has 8 rings (SSSR count). The van der Waals surface area contributed by atoms with E-state index in [2.05, 4.69) is 107 Å². The van der Waals surface area contributed by atoms with Gasteiger partial charge in [-0.25, -0.2) is 0 Å². The maximum absolute atomic E-state index is 11.7. The van der Waals surface area contributed by atoms with E-state index in [9.17, 15) is 14.4 Å². The average molecular weight is 877 g/mol. The van der Waals surface area contributed by atoms with Crippen LogP contribution in [0.25, 0.3) is 21.5 Å². The van der Waals surface area contributed by atoms with Crippen LogP contribution in [0.3, 0.4) is 0 Å². The Morgan fingerprint density at radius 2 is 1.16 bits per heavy atom. The number of esters is 1. The van der Waals surface area contributed by atoms with Gasteiger partial charge in [-0.15, -0.1) is 0 Å². The summed E-state index contributed by atoms with van der Waals surface area (Å²) < 4.78 is 17.5. The molecule has 0 spiro atoms. The molecule has 2 heterocycles. The molecule has 9 nitrogen and oxygen atoms in total. The number of rotatable bonds is 11. The number of aldehydes is 1. The Bertz CT molecular complexity index is 2190. The van der Waals surface area contributed by atoms with Crippen molar-refractivity contribution in [3.05, 3.63) is 82.9 Å². The van der Waals surface area contributed by atoms with E-state index in [4.69, 9.17) is 14.6 Å². The molecule has 2 saturated heterocycles. The summed E-state index contributed by atoms with van der Waals surface area (Å²) in [4.78, 5) is 35.6. The van der Waals surface area contributed by atoms with E-state index in [1.165, 1.54) is 54.7 Å². The Kier molecular flexibility index (Phi) is 16.6. The number of nitrogens with zero attached hydrogens (tertiary/aromatic N) is 1. The number of hydrogen-bond acceptors (Lipinski definition) is 8. The van der Waals surface area contributed by atoms with Crippen molar-refractivity contribution in [2.75, 3.05) is 33.3 Å². The summed E-state index contributed by atoms with van der Waals surface area (Å²) in [5.74, 6) is 3.32. The Labute approximate surface area is 383 Å². The molecule has 0 amide bonds. The molecular weight excluding hydrogens is 801 g/mol. The minimum atomic E-state index is -0.694. The molecule has 64 heavy (non-hydrogen) atoms. The zero-order valence-corrected chi connectivity index (χ0v) is 40.3. The molecule has 2 saturated carbocycles. The normalized spacial score (nSPS) is 21.9. The number of carbonyl (C=O) groups excluding carboxylic acids is 2. The lowest BCUT2D eigenvalue weighted by Crippen LogP contribution is -2.46. The molecule has 2 N–H and O–H groups in total. The molecule has 4 aliphatic rings. The number of benzene rings is 4. The van der Waals surface area contributed by atoms with Crippen molar-refractivity contribution in [2.45, 2.75) is 138 Å². The molecule has 348 valence electrons. The maximum atomic E-state index is 11.7. The standard InChI is InChI=1S/C27H37NO3.C22H28O2.C6H11NO2/c1-18-13-25(31-21-11-9-20(10-12-21)27(2,3)4)24(23-8-6-5-7-22(18)23)17-28-15-19(16-28)14-26(29)30;1-15-13-21(20(14-23)19-8-6-5-7-18(15)19)24-17-11-9-16(10-12-17)22(2,3)4;1-9-6(8)2-5-3-7-4-5/h5-8,13,19-21H,9-12,14-17H2,1-4H3,(H,29,30);5-8,13-14,16-17H,9-12H2,1-4H3;5,7H,2-4H2,1H3. The first-order chi connectivity index (χ1) is 30.4. The van der Waals surface area contributed by atoms with E-state index in [-0.39, 0.29) is 30.5 Å². The number of aliphatic carboxylic acids is 1. The van der Waals surface area contributed by atoms with Crippen molar-refractivity contribution >= 4 is 39.8 Å². The number of aryl methyl sites for hydroxylation is 2. The van der Waals surface area contributed by atoms with Crippen molar-refractivity contribution in [3.63, 3.8) is 0 Å². The predicted molar refractivity (Wildman–Crippen MR) is 258 cm³/mol. The number of carbonyl (C=O) groups is 3. The zero-order valence-electron chi connectivity index (χ0n) is 40.3. The topological polar surface area (TPSA) is 114 Å². The van der Waals surface area contributed by atoms with E-state index in [1.54, 1.807) is 0 Å². The van der Waals surface area contributed by atoms with Crippen molar-refractivity contribution in [2.24, 2.45) is 34.5 Å². The third-order valence-electron chi connectivity index (χ3n) is 14.5. The van der Waals surface area contributed by atoms with Crippen LogP contribution < -0.4 is 14.8 Å². The number of nitrogens with one attached hydrogen (secondary N) is 1. The fraction of sp³-hybridized carbons (Fsp3) is 0.582. The van der Waals surface area contributed by atoms with Crippen LogP contribution in [0.1, 0.15) is 133 Å². The Hall–Kier alpha value is -4.47. The number of hydrogen-bond donors (Lipinski definition) is 2. The van der Waals surface area contributed by atoms with Crippen LogP contribution in [0.4, 0.5) is 0 Å². The Morgan fingerprint density at radius 1 is 0.688 bits per heavy atom. The maximum Gasteiger partial charge on any atom is 0.305 e. The molecular formula is C55H76N2O7. The number of methoxy groups -OCH3 is 1. The monoisotopic (exact) mass is 877 g/mol. The summed E-state index contributed by atoms with van der Waals surface area (Å²) in [6, 6.07) is 20.9. The zero-order chi connectivity index (χ0) is 46.2. The van der Waals surface area contributed by atoms with Crippen molar-refractivity contribution < 1.29 is 33.7 Å². The summed E-state index contributed by atoms with van der Waals surface area (Å²) in [7, 11) is 1.43. The molecule has 4 aromatic carbocycles. The predicted octanol–water partition coefficient (Wildman–Crippen LogP) is 11.8. The molecule has 0 radical (unpaired) electrons. The highest BCUT2D eigenvalue weighted by Crippen LogP contribution is 2.42. The van der Waals surface area contributed by atoms with Gasteiger partial charge in [0.25, 0.3) is 0 Å². The summed E-state index contributed by atoms with van der Waals surface area (Å²) in [6.45, 7) is 22.8. The molecule has 0 atom stereocenters. The highest BCUT2D eigenvalue weighted by atomic mass is 16.5. The van der Waals surface area contributed by atoms with E-state index in [1.807, 2.05) is 24.3 Å². The van der Waals surface area contributed by atoms with Crippen LogP contribution in [-0.4, -0.2) is 73.7 Å². The summed E-state index contributed by atoms with van der Waals surface area (Å²) >= 11 is 0. The Balaban J connectivity index is 0.000000182. The van der Waals surface area contributed by atoms with Gasteiger partial charge in [0.05, 0.1) is 37.7 Å². The number of carboxylic acids is 1. The minimum absolute atomic E-state index is 0.0958. The van der Waals surface area contributed by atoms with Gasteiger partial charge in [0.15, 0.2) is 6.29 Å². The van der Waals surface area contributed by atoms with E-state index >= 15 is 0 Å². The van der Waals surface area contributed by atoms with Crippen molar-refractivity contribution in [1.82, 2.24) is 10.2 Å². The van der Waals surface area contributed by atoms with Gasteiger partial charge in [0, 0.05) is 25.2 Å². The van der Waals surface area contributed by atoms with Crippen LogP contribution >= 0.6 is 0 Å². The lowest BCUT2D eigenvalue weighted by molar-refractivity contribution is -0.142. The smallest absolute Gasteiger partial charge is 0.305 e. The fourth-order valence-electron chi connectivity index (χ4n) is 10.3. The van der Waals surface area contributed by atoms with Crippen LogP contribution in [0.2, 0.25) is 0 Å². The van der Waals surface area contributed by atoms with Gasteiger partial charge in [-0.1, -0.05) is 90.1 Å². The first-order valence-corrected chi connectivity index (χ1v) is 24.0.